The first-order valence-corrected chi connectivity index (χ1v) is 6.64. The van der Waals surface area contributed by atoms with Crippen LogP contribution in [0.2, 0.25) is 0 Å². The summed E-state index contributed by atoms with van der Waals surface area (Å²) in [5.74, 6) is 0.532. The molecule has 1 aliphatic carbocycles. The second kappa shape index (κ2) is 5.11. The largest absolute Gasteiger partial charge is 0.504 e. The van der Waals surface area contributed by atoms with Gasteiger partial charge in [0.25, 0.3) is 5.91 Å². The van der Waals surface area contributed by atoms with Crippen LogP contribution in [-0.4, -0.2) is 24.7 Å². The molecule has 1 amide bonds. The van der Waals surface area contributed by atoms with Gasteiger partial charge in [0, 0.05) is 6.54 Å². The van der Waals surface area contributed by atoms with Crippen molar-refractivity contribution < 1.29 is 14.6 Å². The van der Waals surface area contributed by atoms with E-state index in [1.807, 2.05) is 0 Å². The SMILES string of the molecule is COc1cccc(C(=O)NCC2(C(C)C)CC2)c1O. The summed E-state index contributed by atoms with van der Waals surface area (Å²) in [4.78, 5) is 12.1. The Balaban J connectivity index is 2.05. The van der Waals surface area contributed by atoms with Gasteiger partial charge in [0.15, 0.2) is 11.5 Å². The molecule has 0 aliphatic heterocycles. The van der Waals surface area contributed by atoms with Crippen molar-refractivity contribution >= 4 is 5.91 Å². The van der Waals surface area contributed by atoms with Crippen LogP contribution in [0.1, 0.15) is 37.0 Å². The smallest absolute Gasteiger partial charge is 0.255 e. The first kappa shape index (κ1) is 13.7. The monoisotopic (exact) mass is 263 g/mol. The van der Waals surface area contributed by atoms with Gasteiger partial charge in [-0.2, -0.15) is 0 Å². The van der Waals surface area contributed by atoms with Gasteiger partial charge in [-0.3, -0.25) is 4.79 Å². The van der Waals surface area contributed by atoms with Crippen LogP contribution in [0, 0.1) is 11.3 Å². The zero-order valence-corrected chi connectivity index (χ0v) is 11.7. The van der Waals surface area contributed by atoms with E-state index < -0.39 is 0 Å². The summed E-state index contributed by atoms with van der Waals surface area (Å²) in [5, 5.41) is 12.8. The highest BCUT2D eigenvalue weighted by Crippen LogP contribution is 2.51. The summed E-state index contributed by atoms with van der Waals surface area (Å²) in [5.41, 5.74) is 0.517. The van der Waals surface area contributed by atoms with Crippen LogP contribution in [0.4, 0.5) is 0 Å². The van der Waals surface area contributed by atoms with Crippen LogP contribution >= 0.6 is 0 Å². The van der Waals surface area contributed by atoms with Gasteiger partial charge in [-0.1, -0.05) is 19.9 Å². The van der Waals surface area contributed by atoms with E-state index in [9.17, 15) is 9.90 Å². The van der Waals surface area contributed by atoms with Gasteiger partial charge in [-0.15, -0.1) is 0 Å². The molecule has 4 heteroatoms. The van der Waals surface area contributed by atoms with Crippen molar-refractivity contribution in [1.82, 2.24) is 5.32 Å². The Bertz CT molecular complexity index is 478. The molecule has 0 bridgehead atoms. The molecule has 2 N–H and O–H groups in total. The molecule has 2 rings (SSSR count). The molecule has 1 aromatic carbocycles. The summed E-state index contributed by atoms with van der Waals surface area (Å²) in [6, 6.07) is 4.92. The van der Waals surface area contributed by atoms with Gasteiger partial charge in [0.2, 0.25) is 0 Å². The predicted octanol–water partition coefficient (Wildman–Crippen LogP) is 2.57. The lowest BCUT2D eigenvalue weighted by molar-refractivity contribution is 0.0936. The lowest BCUT2D eigenvalue weighted by Crippen LogP contribution is -2.32. The molecule has 0 heterocycles. The Hall–Kier alpha value is -1.71. The molecule has 0 spiro atoms. The molecule has 1 saturated carbocycles. The predicted molar refractivity (Wildman–Crippen MR) is 73.5 cm³/mol. The van der Waals surface area contributed by atoms with Gasteiger partial charge in [0.1, 0.15) is 0 Å². The van der Waals surface area contributed by atoms with Crippen LogP contribution in [0.25, 0.3) is 0 Å². The number of ether oxygens (including phenoxy) is 1. The van der Waals surface area contributed by atoms with Gasteiger partial charge in [0.05, 0.1) is 12.7 Å². The van der Waals surface area contributed by atoms with E-state index in [4.69, 9.17) is 4.74 Å². The van der Waals surface area contributed by atoms with Crippen LogP contribution < -0.4 is 10.1 Å². The number of nitrogens with one attached hydrogen (secondary N) is 1. The minimum absolute atomic E-state index is 0.100. The number of rotatable bonds is 5. The number of benzene rings is 1. The highest BCUT2D eigenvalue weighted by molar-refractivity contribution is 5.97. The molecule has 4 nitrogen and oxygen atoms in total. The lowest BCUT2D eigenvalue weighted by Gasteiger charge is -2.20. The molecule has 1 aliphatic rings. The summed E-state index contributed by atoms with van der Waals surface area (Å²) in [7, 11) is 1.47. The summed E-state index contributed by atoms with van der Waals surface area (Å²) in [6.45, 7) is 5.03. The number of amides is 1. The number of carbonyl (C=O) groups is 1. The van der Waals surface area contributed by atoms with Crippen molar-refractivity contribution in [3.8, 4) is 11.5 Å². The molecular formula is C15H21NO3. The van der Waals surface area contributed by atoms with Crippen LogP contribution in [0.15, 0.2) is 18.2 Å². The minimum Gasteiger partial charge on any atom is -0.504 e. The van der Waals surface area contributed by atoms with Gasteiger partial charge in [-0.25, -0.2) is 0 Å². The number of para-hydroxylation sites is 1. The number of phenols is 1. The number of carbonyl (C=O) groups excluding carboxylic acids is 1. The Morgan fingerprint density at radius 1 is 1.47 bits per heavy atom. The third kappa shape index (κ3) is 2.67. The van der Waals surface area contributed by atoms with E-state index in [1.54, 1.807) is 18.2 Å². The zero-order valence-electron chi connectivity index (χ0n) is 11.7. The summed E-state index contributed by atoms with van der Waals surface area (Å²) < 4.78 is 5.00. The van der Waals surface area contributed by atoms with Crippen molar-refractivity contribution in [1.29, 1.82) is 0 Å². The summed E-state index contributed by atoms with van der Waals surface area (Å²) >= 11 is 0. The van der Waals surface area contributed by atoms with Crippen LogP contribution in [0.3, 0.4) is 0 Å². The number of hydrogen-bond donors (Lipinski definition) is 2. The van der Waals surface area contributed by atoms with E-state index in [0.29, 0.717) is 18.2 Å². The minimum atomic E-state index is -0.247. The molecule has 19 heavy (non-hydrogen) atoms. The first-order chi connectivity index (χ1) is 9.00. The van der Waals surface area contributed by atoms with E-state index in [-0.39, 0.29) is 22.6 Å². The number of methoxy groups -OCH3 is 1. The maximum atomic E-state index is 12.1. The number of aromatic hydroxyl groups is 1. The van der Waals surface area contributed by atoms with E-state index >= 15 is 0 Å². The average molecular weight is 263 g/mol. The molecule has 0 unspecified atom stereocenters. The second-order valence-corrected chi connectivity index (χ2v) is 5.56. The fourth-order valence-corrected chi connectivity index (χ4v) is 2.34. The third-order valence-corrected chi connectivity index (χ3v) is 4.18. The molecule has 0 saturated heterocycles. The lowest BCUT2D eigenvalue weighted by atomic mass is 9.92. The topological polar surface area (TPSA) is 58.6 Å². The molecule has 0 aromatic heterocycles. The van der Waals surface area contributed by atoms with Crippen LogP contribution in [0.5, 0.6) is 11.5 Å². The molecule has 1 fully saturated rings. The molecule has 0 radical (unpaired) electrons. The molecule has 0 atom stereocenters. The Morgan fingerprint density at radius 2 is 2.16 bits per heavy atom. The molecule has 1 aromatic rings. The fraction of sp³-hybridized carbons (Fsp3) is 0.533. The first-order valence-electron chi connectivity index (χ1n) is 6.64. The van der Waals surface area contributed by atoms with Gasteiger partial charge >= 0.3 is 0 Å². The Kier molecular flexibility index (Phi) is 3.69. The average Bonchev–Trinajstić information content (AvgIpc) is 3.17. The standard InChI is InChI=1S/C15H21NO3/c1-10(2)15(7-8-15)9-16-14(18)11-5-4-6-12(19-3)13(11)17/h4-6,10,17H,7-9H2,1-3H3,(H,16,18). The number of hydrogen-bond acceptors (Lipinski definition) is 3. The summed E-state index contributed by atoms with van der Waals surface area (Å²) in [6.07, 6.45) is 2.32. The quantitative estimate of drug-likeness (QED) is 0.858. The second-order valence-electron chi connectivity index (χ2n) is 5.56. The van der Waals surface area contributed by atoms with Crippen molar-refractivity contribution in [2.24, 2.45) is 11.3 Å². The normalized spacial score (nSPS) is 16.2. The van der Waals surface area contributed by atoms with Crippen molar-refractivity contribution in [3.63, 3.8) is 0 Å². The van der Waals surface area contributed by atoms with Crippen molar-refractivity contribution in [2.75, 3.05) is 13.7 Å². The maximum Gasteiger partial charge on any atom is 0.255 e. The van der Waals surface area contributed by atoms with Gasteiger partial charge < -0.3 is 15.2 Å². The van der Waals surface area contributed by atoms with Crippen molar-refractivity contribution in [2.45, 2.75) is 26.7 Å². The van der Waals surface area contributed by atoms with Crippen molar-refractivity contribution in [3.05, 3.63) is 23.8 Å². The Morgan fingerprint density at radius 3 is 2.68 bits per heavy atom. The molecule has 104 valence electrons. The van der Waals surface area contributed by atoms with E-state index in [1.165, 1.54) is 7.11 Å². The Labute approximate surface area is 113 Å². The number of phenolic OH excluding ortho intramolecular Hbond substituents is 1. The van der Waals surface area contributed by atoms with Crippen LogP contribution in [-0.2, 0) is 0 Å². The molecular weight excluding hydrogens is 242 g/mol. The highest BCUT2D eigenvalue weighted by atomic mass is 16.5. The van der Waals surface area contributed by atoms with E-state index in [2.05, 4.69) is 19.2 Å². The third-order valence-electron chi connectivity index (χ3n) is 4.18. The van der Waals surface area contributed by atoms with E-state index in [0.717, 1.165) is 12.8 Å². The highest BCUT2D eigenvalue weighted by Gasteiger charge is 2.45. The zero-order chi connectivity index (χ0) is 14.0. The van der Waals surface area contributed by atoms with Gasteiger partial charge in [-0.05, 0) is 36.3 Å². The maximum absolute atomic E-state index is 12.1. The fourth-order valence-electron chi connectivity index (χ4n) is 2.34.